The molecule has 0 radical (unpaired) electrons. The number of nitrogens with zero attached hydrogens (tertiary/aromatic N) is 2. The summed E-state index contributed by atoms with van der Waals surface area (Å²) in [6.07, 6.45) is -3.42. The molecule has 2 atom stereocenters. The molecule has 6 nitrogen and oxygen atoms in total. The Labute approximate surface area is 182 Å². The van der Waals surface area contributed by atoms with Crippen molar-refractivity contribution in [2.45, 2.75) is 38.0 Å². The van der Waals surface area contributed by atoms with E-state index in [9.17, 15) is 27.2 Å². The van der Waals surface area contributed by atoms with Crippen LogP contribution in [0.2, 0.25) is 5.02 Å². The SMILES string of the molecule is C[C@@H]1C(=O)NCCN1C(=O)NC(c1ccc(F)c(Cl)c1)C1CCN(CC(F)(F)F)CC1. The number of urea groups is 1. The number of carbonyl (C=O) groups excluding carboxylic acids is 2. The number of piperidine rings is 1. The summed E-state index contributed by atoms with van der Waals surface area (Å²) in [6.45, 7) is 1.77. The van der Waals surface area contributed by atoms with Gasteiger partial charge in [0.25, 0.3) is 0 Å². The van der Waals surface area contributed by atoms with Gasteiger partial charge in [0.1, 0.15) is 11.9 Å². The van der Waals surface area contributed by atoms with E-state index in [1.54, 1.807) is 6.92 Å². The van der Waals surface area contributed by atoms with Crippen LogP contribution in [0.25, 0.3) is 0 Å². The number of piperazine rings is 1. The molecule has 172 valence electrons. The summed E-state index contributed by atoms with van der Waals surface area (Å²) in [5.41, 5.74) is 0.572. The summed E-state index contributed by atoms with van der Waals surface area (Å²) < 4.78 is 51.8. The van der Waals surface area contributed by atoms with Crippen LogP contribution >= 0.6 is 11.6 Å². The molecule has 31 heavy (non-hydrogen) atoms. The van der Waals surface area contributed by atoms with Crippen molar-refractivity contribution in [3.8, 4) is 0 Å². The minimum atomic E-state index is -4.27. The van der Waals surface area contributed by atoms with Crippen molar-refractivity contribution in [3.63, 3.8) is 0 Å². The summed E-state index contributed by atoms with van der Waals surface area (Å²) in [5.74, 6) is -1.02. The highest BCUT2D eigenvalue weighted by molar-refractivity contribution is 6.30. The van der Waals surface area contributed by atoms with Crippen molar-refractivity contribution in [2.24, 2.45) is 5.92 Å². The number of alkyl halides is 3. The third-order valence-corrected chi connectivity index (χ3v) is 6.14. The van der Waals surface area contributed by atoms with E-state index in [1.165, 1.54) is 28.0 Å². The molecule has 1 aromatic carbocycles. The van der Waals surface area contributed by atoms with Crippen molar-refractivity contribution >= 4 is 23.5 Å². The first-order valence-corrected chi connectivity index (χ1v) is 10.5. The Hall–Kier alpha value is -2.07. The predicted octanol–water partition coefficient (Wildman–Crippen LogP) is 3.32. The van der Waals surface area contributed by atoms with E-state index in [-0.39, 0.29) is 29.9 Å². The number of amides is 3. The molecule has 2 saturated heterocycles. The van der Waals surface area contributed by atoms with Crippen LogP contribution in [0.4, 0.5) is 22.4 Å². The van der Waals surface area contributed by atoms with Crippen molar-refractivity contribution in [1.29, 1.82) is 0 Å². The molecule has 2 fully saturated rings. The minimum absolute atomic E-state index is 0.100. The highest BCUT2D eigenvalue weighted by atomic mass is 35.5. The molecule has 3 rings (SSSR count). The summed E-state index contributed by atoms with van der Waals surface area (Å²) >= 11 is 5.94. The van der Waals surface area contributed by atoms with E-state index in [2.05, 4.69) is 10.6 Å². The zero-order chi connectivity index (χ0) is 22.8. The third-order valence-electron chi connectivity index (χ3n) is 5.85. The van der Waals surface area contributed by atoms with Gasteiger partial charge in [0.15, 0.2) is 0 Å². The summed E-state index contributed by atoms with van der Waals surface area (Å²) in [7, 11) is 0. The van der Waals surface area contributed by atoms with Crippen LogP contribution < -0.4 is 10.6 Å². The van der Waals surface area contributed by atoms with Gasteiger partial charge >= 0.3 is 12.2 Å². The van der Waals surface area contributed by atoms with E-state index in [0.717, 1.165) is 0 Å². The van der Waals surface area contributed by atoms with Gasteiger partial charge in [0, 0.05) is 13.1 Å². The van der Waals surface area contributed by atoms with Crippen molar-refractivity contribution < 1.29 is 27.2 Å². The average Bonchev–Trinajstić information content (AvgIpc) is 2.70. The van der Waals surface area contributed by atoms with Crippen LogP contribution in [0.3, 0.4) is 0 Å². The fraction of sp³-hybridized carbons (Fsp3) is 0.600. The van der Waals surface area contributed by atoms with Crippen LogP contribution in [-0.4, -0.2) is 66.7 Å². The van der Waals surface area contributed by atoms with Gasteiger partial charge in [0.05, 0.1) is 17.6 Å². The van der Waals surface area contributed by atoms with E-state index in [4.69, 9.17) is 11.6 Å². The van der Waals surface area contributed by atoms with Crippen LogP contribution in [0.1, 0.15) is 31.4 Å². The summed E-state index contributed by atoms with van der Waals surface area (Å²) in [6, 6.07) is 2.46. The van der Waals surface area contributed by atoms with Crippen LogP contribution in [0.5, 0.6) is 0 Å². The molecular formula is C20H25ClF4N4O2. The van der Waals surface area contributed by atoms with Gasteiger partial charge in [-0.3, -0.25) is 9.69 Å². The van der Waals surface area contributed by atoms with E-state index < -0.39 is 36.7 Å². The maximum atomic E-state index is 13.7. The standard InChI is InChI=1S/C20H25ClF4N4O2/c1-12-18(30)26-6-9-29(12)19(31)27-17(14-2-3-16(22)15(21)10-14)13-4-7-28(8-5-13)11-20(23,24)25/h2-3,10,12-13,17H,4-9,11H2,1H3,(H,26,30)(H,27,31)/t12-,17?/m1/s1. The lowest BCUT2D eigenvalue weighted by molar-refractivity contribution is -0.148. The maximum absolute atomic E-state index is 13.7. The third kappa shape index (κ3) is 6.00. The lowest BCUT2D eigenvalue weighted by Crippen LogP contribution is -2.59. The molecule has 11 heteroatoms. The monoisotopic (exact) mass is 464 g/mol. The molecular weight excluding hydrogens is 440 g/mol. The lowest BCUT2D eigenvalue weighted by atomic mass is 9.85. The second-order valence-electron chi connectivity index (χ2n) is 7.99. The number of carbonyl (C=O) groups is 2. The zero-order valence-corrected chi connectivity index (χ0v) is 17.8. The van der Waals surface area contributed by atoms with E-state index >= 15 is 0 Å². The second-order valence-corrected chi connectivity index (χ2v) is 8.40. The molecule has 0 saturated carbocycles. The number of halogens is 5. The van der Waals surface area contributed by atoms with Crippen LogP contribution in [0.15, 0.2) is 18.2 Å². The fourth-order valence-electron chi connectivity index (χ4n) is 4.15. The Morgan fingerprint density at radius 1 is 1.29 bits per heavy atom. The molecule has 0 aliphatic carbocycles. The Morgan fingerprint density at radius 2 is 1.97 bits per heavy atom. The second kappa shape index (κ2) is 9.60. The number of nitrogens with one attached hydrogen (secondary N) is 2. The molecule has 0 bridgehead atoms. The lowest BCUT2D eigenvalue weighted by Gasteiger charge is -2.39. The Bertz CT molecular complexity index is 815. The number of benzene rings is 1. The van der Waals surface area contributed by atoms with E-state index in [0.29, 0.717) is 31.5 Å². The molecule has 3 amide bonds. The number of hydrogen-bond donors (Lipinski definition) is 2. The predicted molar refractivity (Wildman–Crippen MR) is 107 cm³/mol. The van der Waals surface area contributed by atoms with Crippen LogP contribution in [-0.2, 0) is 4.79 Å². The van der Waals surface area contributed by atoms with E-state index in [1.807, 2.05) is 0 Å². The molecule has 2 aliphatic heterocycles. The van der Waals surface area contributed by atoms with Crippen molar-refractivity contribution in [1.82, 2.24) is 20.4 Å². The first kappa shape index (κ1) is 23.6. The Morgan fingerprint density at radius 3 is 2.58 bits per heavy atom. The summed E-state index contributed by atoms with van der Waals surface area (Å²) in [5, 5.41) is 5.50. The van der Waals surface area contributed by atoms with Gasteiger partial charge in [-0.05, 0) is 56.5 Å². The minimum Gasteiger partial charge on any atom is -0.353 e. The highest BCUT2D eigenvalue weighted by Crippen LogP contribution is 2.34. The highest BCUT2D eigenvalue weighted by Gasteiger charge is 2.36. The van der Waals surface area contributed by atoms with Gasteiger partial charge in [-0.25, -0.2) is 9.18 Å². The molecule has 2 N–H and O–H groups in total. The number of likely N-dealkylation sites (tertiary alicyclic amines) is 1. The fourth-order valence-corrected chi connectivity index (χ4v) is 4.34. The van der Waals surface area contributed by atoms with Gasteiger partial charge in [-0.2, -0.15) is 13.2 Å². The summed E-state index contributed by atoms with van der Waals surface area (Å²) in [4.78, 5) is 27.6. The smallest absolute Gasteiger partial charge is 0.353 e. The first-order chi connectivity index (χ1) is 14.5. The van der Waals surface area contributed by atoms with Crippen molar-refractivity contribution in [3.05, 3.63) is 34.6 Å². The number of rotatable bonds is 4. The van der Waals surface area contributed by atoms with Crippen molar-refractivity contribution in [2.75, 3.05) is 32.7 Å². The zero-order valence-electron chi connectivity index (χ0n) is 17.0. The van der Waals surface area contributed by atoms with Gasteiger partial charge in [0.2, 0.25) is 5.91 Å². The normalized spacial score (nSPS) is 22.2. The molecule has 2 aliphatic rings. The van der Waals surface area contributed by atoms with Gasteiger partial charge in [-0.15, -0.1) is 0 Å². The Balaban J connectivity index is 1.77. The molecule has 2 heterocycles. The topological polar surface area (TPSA) is 64.7 Å². The maximum Gasteiger partial charge on any atom is 0.401 e. The average molecular weight is 465 g/mol. The number of hydrogen-bond acceptors (Lipinski definition) is 3. The molecule has 0 aromatic heterocycles. The van der Waals surface area contributed by atoms with Gasteiger partial charge in [-0.1, -0.05) is 17.7 Å². The molecule has 1 aromatic rings. The molecule has 0 spiro atoms. The molecule has 1 unspecified atom stereocenters. The first-order valence-electron chi connectivity index (χ1n) is 10.1. The quantitative estimate of drug-likeness (QED) is 0.672. The Kier molecular flexibility index (Phi) is 7.31. The van der Waals surface area contributed by atoms with Gasteiger partial charge < -0.3 is 15.5 Å². The van der Waals surface area contributed by atoms with Crippen LogP contribution in [0, 0.1) is 11.7 Å². The largest absolute Gasteiger partial charge is 0.401 e.